The maximum Gasteiger partial charge on any atom is 0.437 e. The van der Waals surface area contributed by atoms with Crippen molar-refractivity contribution in [3.63, 3.8) is 0 Å². The van der Waals surface area contributed by atoms with Crippen molar-refractivity contribution in [1.29, 1.82) is 0 Å². The van der Waals surface area contributed by atoms with Gasteiger partial charge in [0, 0.05) is 5.56 Å². The first-order valence-electron chi connectivity index (χ1n) is 6.30. The lowest BCUT2D eigenvalue weighted by Crippen LogP contribution is -2.46. The van der Waals surface area contributed by atoms with Crippen molar-refractivity contribution in [2.24, 2.45) is 0 Å². The van der Waals surface area contributed by atoms with Crippen LogP contribution in [0.2, 0.25) is 0 Å². The van der Waals surface area contributed by atoms with Gasteiger partial charge in [0.05, 0.1) is 7.11 Å². The normalized spacial score (nSPS) is 14.2. The SMILES string of the molecule is COC(=O)[C@@](F)(c1ccc(-c2ccccc2)cc1)C(F)(F)F. The number of rotatable bonds is 3. The molecule has 1 atom stereocenters. The molecular formula is C16H12F4O2. The van der Waals surface area contributed by atoms with Gasteiger partial charge >= 0.3 is 17.8 Å². The summed E-state index contributed by atoms with van der Waals surface area (Å²) in [5.74, 6) is -1.99. The molecule has 2 aromatic carbocycles. The zero-order chi connectivity index (χ0) is 16.4. The third kappa shape index (κ3) is 2.68. The minimum absolute atomic E-state index is 0.610. The molecule has 2 aromatic rings. The Balaban J connectivity index is 2.45. The third-order valence-electron chi connectivity index (χ3n) is 3.25. The predicted molar refractivity (Wildman–Crippen MR) is 72.7 cm³/mol. The first-order chi connectivity index (χ1) is 10.3. The molecule has 0 radical (unpaired) electrons. The van der Waals surface area contributed by atoms with Gasteiger partial charge in [0.25, 0.3) is 0 Å². The summed E-state index contributed by atoms with van der Waals surface area (Å²) in [7, 11) is 0.709. The number of hydrogen-bond donors (Lipinski definition) is 0. The highest BCUT2D eigenvalue weighted by Crippen LogP contribution is 2.43. The Morgan fingerprint density at radius 1 is 0.864 bits per heavy atom. The van der Waals surface area contributed by atoms with E-state index in [-0.39, 0.29) is 0 Å². The molecule has 0 N–H and O–H groups in total. The number of hydrogen-bond acceptors (Lipinski definition) is 2. The third-order valence-corrected chi connectivity index (χ3v) is 3.25. The number of carbonyl (C=O) groups is 1. The highest BCUT2D eigenvalue weighted by molar-refractivity contribution is 5.82. The van der Waals surface area contributed by atoms with Crippen molar-refractivity contribution in [2.75, 3.05) is 7.11 Å². The van der Waals surface area contributed by atoms with E-state index < -0.39 is 23.4 Å². The number of methoxy groups -OCH3 is 1. The summed E-state index contributed by atoms with van der Waals surface area (Å²) in [5, 5.41) is 0. The molecule has 0 saturated heterocycles. The maximum absolute atomic E-state index is 14.4. The molecule has 0 fully saturated rings. The second-order valence-electron chi connectivity index (χ2n) is 4.59. The molecule has 116 valence electrons. The molecule has 0 aliphatic rings. The summed E-state index contributed by atoms with van der Waals surface area (Å²) < 4.78 is 57.3. The molecular weight excluding hydrogens is 300 g/mol. The molecule has 0 heterocycles. The lowest BCUT2D eigenvalue weighted by Gasteiger charge is -2.25. The van der Waals surface area contributed by atoms with Crippen LogP contribution in [0, 0.1) is 0 Å². The van der Waals surface area contributed by atoms with Gasteiger partial charge in [-0.05, 0) is 11.1 Å². The van der Waals surface area contributed by atoms with Gasteiger partial charge < -0.3 is 4.74 Å². The minimum Gasteiger partial charge on any atom is -0.466 e. The summed E-state index contributed by atoms with van der Waals surface area (Å²) in [6, 6.07) is 13.4. The molecule has 0 aliphatic carbocycles. The van der Waals surface area contributed by atoms with Gasteiger partial charge in [-0.1, -0.05) is 54.6 Å². The average molecular weight is 312 g/mol. The zero-order valence-corrected chi connectivity index (χ0v) is 11.5. The van der Waals surface area contributed by atoms with E-state index in [1.807, 2.05) is 0 Å². The van der Waals surface area contributed by atoms with E-state index in [0.29, 0.717) is 12.7 Å². The van der Waals surface area contributed by atoms with E-state index >= 15 is 0 Å². The van der Waals surface area contributed by atoms with E-state index in [2.05, 4.69) is 4.74 Å². The van der Waals surface area contributed by atoms with E-state index in [1.54, 1.807) is 30.3 Å². The van der Waals surface area contributed by atoms with Crippen LogP contribution in [-0.4, -0.2) is 19.3 Å². The summed E-state index contributed by atoms with van der Waals surface area (Å²) in [5.41, 5.74) is -3.62. The van der Waals surface area contributed by atoms with Gasteiger partial charge in [0.15, 0.2) is 0 Å². The second-order valence-corrected chi connectivity index (χ2v) is 4.59. The zero-order valence-electron chi connectivity index (χ0n) is 11.5. The fraction of sp³-hybridized carbons (Fsp3) is 0.188. The number of ether oxygens (including phenoxy) is 1. The van der Waals surface area contributed by atoms with Crippen molar-refractivity contribution in [2.45, 2.75) is 11.8 Å². The van der Waals surface area contributed by atoms with Crippen molar-refractivity contribution >= 4 is 5.97 Å². The topological polar surface area (TPSA) is 26.3 Å². The highest BCUT2D eigenvalue weighted by atomic mass is 19.4. The van der Waals surface area contributed by atoms with E-state index in [4.69, 9.17) is 0 Å². The molecule has 0 amide bonds. The molecule has 2 rings (SSSR count). The van der Waals surface area contributed by atoms with Gasteiger partial charge in [0.2, 0.25) is 0 Å². The standard InChI is InChI=1S/C16H12F4O2/c1-22-14(21)15(17,16(18,19)20)13-9-7-12(8-10-13)11-5-3-2-4-6-11/h2-10H,1H3/t15-/m0/s1. The molecule has 6 heteroatoms. The number of alkyl halides is 4. The van der Waals surface area contributed by atoms with Crippen LogP contribution in [0.3, 0.4) is 0 Å². The smallest absolute Gasteiger partial charge is 0.437 e. The quantitative estimate of drug-likeness (QED) is 0.625. The van der Waals surface area contributed by atoms with E-state index in [1.165, 1.54) is 12.1 Å². The minimum atomic E-state index is -5.41. The van der Waals surface area contributed by atoms with E-state index in [9.17, 15) is 22.4 Å². The van der Waals surface area contributed by atoms with Crippen molar-refractivity contribution in [3.05, 3.63) is 60.2 Å². The Morgan fingerprint density at radius 3 is 1.82 bits per heavy atom. The van der Waals surface area contributed by atoms with E-state index in [0.717, 1.165) is 17.7 Å². The molecule has 0 aliphatic heterocycles. The van der Waals surface area contributed by atoms with Crippen molar-refractivity contribution in [3.8, 4) is 11.1 Å². The van der Waals surface area contributed by atoms with Gasteiger partial charge in [-0.25, -0.2) is 9.18 Å². The molecule has 0 aromatic heterocycles. The van der Waals surface area contributed by atoms with Gasteiger partial charge in [-0.2, -0.15) is 13.2 Å². The second kappa shape index (κ2) is 5.79. The average Bonchev–Trinajstić information content (AvgIpc) is 2.53. The number of esters is 1. The van der Waals surface area contributed by atoms with Crippen LogP contribution >= 0.6 is 0 Å². The summed E-state index contributed by atoms with van der Waals surface area (Å²) >= 11 is 0. The highest BCUT2D eigenvalue weighted by Gasteiger charge is 2.64. The number of benzene rings is 2. The van der Waals surface area contributed by atoms with Gasteiger partial charge in [0.1, 0.15) is 0 Å². The summed E-state index contributed by atoms with van der Waals surface area (Å²) in [6.07, 6.45) is -5.41. The fourth-order valence-corrected chi connectivity index (χ4v) is 2.06. The van der Waals surface area contributed by atoms with Crippen molar-refractivity contribution in [1.82, 2.24) is 0 Å². The largest absolute Gasteiger partial charge is 0.466 e. The predicted octanol–water partition coefficient (Wildman–Crippen LogP) is 4.25. The molecule has 0 bridgehead atoms. The van der Waals surface area contributed by atoms with Crippen LogP contribution in [0.4, 0.5) is 17.6 Å². The molecule has 0 spiro atoms. The van der Waals surface area contributed by atoms with Crippen LogP contribution < -0.4 is 0 Å². The van der Waals surface area contributed by atoms with Crippen LogP contribution in [0.25, 0.3) is 11.1 Å². The number of carbonyl (C=O) groups excluding carboxylic acids is 1. The molecule has 22 heavy (non-hydrogen) atoms. The summed E-state index contributed by atoms with van der Waals surface area (Å²) in [6.45, 7) is 0. The van der Waals surface area contributed by atoms with Crippen molar-refractivity contribution < 1.29 is 27.1 Å². The first kappa shape index (κ1) is 16.0. The van der Waals surface area contributed by atoms with Crippen LogP contribution in [0.15, 0.2) is 54.6 Å². The monoisotopic (exact) mass is 312 g/mol. The van der Waals surface area contributed by atoms with Crippen LogP contribution in [0.1, 0.15) is 5.56 Å². The Labute approximate surface area is 124 Å². The lowest BCUT2D eigenvalue weighted by molar-refractivity contribution is -0.242. The first-order valence-corrected chi connectivity index (χ1v) is 6.30. The molecule has 2 nitrogen and oxygen atoms in total. The maximum atomic E-state index is 14.4. The Hall–Kier alpha value is -2.37. The van der Waals surface area contributed by atoms with Crippen LogP contribution in [0.5, 0.6) is 0 Å². The van der Waals surface area contributed by atoms with Gasteiger partial charge in [-0.3, -0.25) is 0 Å². The Kier molecular flexibility index (Phi) is 4.21. The summed E-state index contributed by atoms with van der Waals surface area (Å²) in [4.78, 5) is 11.3. The fourth-order valence-electron chi connectivity index (χ4n) is 2.06. The van der Waals surface area contributed by atoms with Gasteiger partial charge in [-0.15, -0.1) is 0 Å². The Bertz CT molecular complexity index is 650. The van der Waals surface area contributed by atoms with Crippen LogP contribution in [-0.2, 0) is 15.2 Å². The molecule has 0 saturated carbocycles. The Morgan fingerprint density at radius 2 is 1.36 bits per heavy atom. The molecule has 0 unspecified atom stereocenters. The number of halogens is 4. The lowest BCUT2D eigenvalue weighted by atomic mass is 9.93.